The van der Waals surface area contributed by atoms with Crippen molar-refractivity contribution in [2.45, 2.75) is 210 Å². The van der Waals surface area contributed by atoms with Crippen LogP contribution in [0.15, 0.2) is 0 Å². The monoisotopic (exact) mass is 469 g/mol. The highest BCUT2D eigenvalue weighted by Gasteiger charge is 1.88. The van der Waals surface area contributed by atoms with Gasteiger partial charge in [-0.05, 0) is 5.92 Å². The quantitative estimate of drug-likeness (QED) is 0.340. The third-order valence-corrected chi connectivity index (χ3v) is 2.85. The second-order valence-corrected chi connectivity index (χ2v) is 4.63. The Morgan fingerprint density at radius 2 is 0.516 bits per heavy atom. The number of hydrogen-bond donors (Lipinski definition) is 0. The summed E-state index contributed by atoms with van der Waals surface area (Å²) < 4.78 is 0. The van der Waals surface area contributed by atoms with E-state index in [1.807, 2.05) is 13.8 Å². The standard InChI is InChI=1S/2C6H14.C4H10.C2H6.13CH4/c1-4-6(3)5-2;1-3-5-6-4-2;1-3-4-2;1-2;;;;;;;;;;;;;/h6H,4-5H2,1-3H3;3-6H2,1-2H3;3-4H2,1-2H3;1-2H3;13*1H4. The van der Waals surface area contributed by atoms with Gasteiger partial charge < -0.3 is 0 Å². The van der Waals surface area contributed by atoms with Gasteiger partial charge in [-0.1, -0.05) is 210 Å². The van der Waals surface area contributed by atoms with Crippen LogP contribution in [0.3, 0.4) is 0 Å². The van der Waals surface area contributed by atoms with Gasteiger partial charge >= 0.3 is 0 Å². The lowest BCUT2D eigenvalue weighted by molar-refractivity contribution is 0.544. The van der Waals surface area contributed by atoms with Gasteiger partial charge in [0.15, 0.2) is 0 Å². The normalized spacial score (nSPS) is 4.84. The van der Waals surface area contributed by atoms with Crippen LogP contribution in [0.1, 0.15) is 210 Å². The first-order valence-electron chi connectivity index (χ1n) is 8.64. The maximum Gasteiger partial charge on any atom is -0.0448 e. The van der Waals surface area contributed by atoms with E-state index < -0.39 is 0 Å². The molecule has 0 bridgehead atoms. The molecule has 0 aliphatic rings. The summed E-state index contributed by atoms with van der Waals surface area (Å²) in [5, 5.41) is 0. The Morgan fingerprint density at radius 3 is 0.548 bits per heavy atom. The zero-order valence-corrected chi connectivity index (χ0v) is 15.2. The smallest absolute Gasteiger partial charge is 0.0448 e. The number of hydrogen-bond acceptors (Lipinski definition) is 0. The van der Waals surface area contributed by atoms with Crippen LogP contribution < -0.4 is 0 Å². The van der Waals surface area contributed by atoms with Crippen molar-refractivity contribution in [1.29, 1.82) is 0 Å². The van der Waals surface area contributed by atoms with Crippen molar-refractivity contribution in [2.75, 3.05) is 0 Å². The summed E-state index contributed by atoms with van der Waals surface area (Å²) in [4.78, 5) is 0. The van der Waals surface area contributed by atoms with Crippen LogP contribution in [0.4, 0.5) is 0 Å². The predicted molar refractivity (Wildman–Crippen MR) is 179 cm³/mol. The highest BCUT2D eigenvalue weighted by atomic mass is 13.9. The minimum Gasteiger partial charge on any atom is -0.0776 e. The van der Waals surface area contributed by atoms with Crippen molar-refractivity contribution in [3.8, 4) is 0 Å². The molecule has 0 rings (SSSR count). The number of unbranched alkanes of at least 4 members (excludes halogenated alkanes) is 4. The Morgan fingerprint density at radius 1 is 0.355 bits per heavy atom. The van der Waals surface area contributed by atoms with Crippen LogP contribution in [0.25, 0.3) is 0 Å². The summed E-state index contributed by atoms with van der Waals surface area (Å²) in [6, 6.07) is 0. The zero-order chi connectivity index (χ0) is 15.2. The Kier molecular flexibility index (Phi) is 957. The average molecular weight is 469 g/mol. The fourth-order valence-electron chi connectivity index (χ4n) is 0.789. The highest BCUT2D eigenvalue weighted by molar-refractivity contribution is 4.41. The van der Waals surface area contributed by atoms with Crippen LogP contribution in [0, 0.1) is 5.92 Å². The van der Waals surface area contributed by atoms with Crippen molar-refractivity contribution >= 4 is 0 Å². The Bertz CT molecular complexity index is 66.1. The third kappa shape index (κ3) is 368. The molecule has 0 N–H and O–H groups in total. The van der Waals surface area contributed by atoms with Crippen molar-refractivity contribution in [3.05, 3.63) is 0 Å². The van der Waals surface area contributed by atoms with Gasteiger partial charge in [-0.2, -0.15) is 0 Å². The molecule has 0 heterocycles. The van der Waals surface area contributed by atoms with Gasteiger partial charge in [0, 0.05) is 0 Å². The van der Waals surface area contributed by atoms with Crippen molar-refractivity contribution < 1.29 is 0 Å². The third-order valence-electron chi connectivity index (χ3n) is 2.85. The molecule has 0 fully saturated rings. The molecule has 0 unspecified atom stereocenters. The first kappa shape index (κ1) is 142. The Hall–Kier alpha value is 0. The molecule has 0 aliphatic heterocycles. The Labute approximate surface area is 216 Å². The largest absolute Gasteiger partial charge is 0.0776 e. The molecule has 0 aromatic heterocycles. The fraction of sp³-hybridized carbons (Fsp3) is 1.00. The second kappa shape index (κ2) is 209. The van der Waals surface area contributed by atoms with Crippen molar-refractivity contribution in [1.82, 2.24) is 0 Å². The van der Waals surface area contributed by atoms with E-state index in [-0.39, 0.29) is 96.5 Å². The van der Waals surface area contributed by atoms with E-state index in [9.17, 15) is 0 Å². The SMILES string of the molecule is C.C.C.C.C.C.C.C.C.C.C.C.C.CC.CCC(C)CC.CCCC.CCCCCC. The van der Waals surface area contributed by atoms with E-state index in [1.165, 1.54) is 51.4 Å². The van der Waals surface area contributed by atoms with Gasteiger partial charge in [0.05, 0.1) is 0 Å². The molecule has 0 radical (unpaired) electrons. The Balaban J connectivity index is -0.00000000509. The fourth-order valence-corrected chi connectivity index (χ4v) is 0.789. The van der Waals surface area contributed by atoms with Gasteiger partial charge in [-0.3, -0.25) is 0 Å². The van der Waals surface area contributed by atoms with Crippen molar-refractivity contribution in [3.63, 3.8) is 0 Å². The van der Waals surface area contributed by atoms with Gasteiger partial charge in [0.1, 0.15) is 0 Å². The molecule has 0 saturated heterocycles. The molecule has 0 nitrogen and oxygen atoms in total. The van der Waals surface area contributed by atoms with Gasteiger partial charge in [0.2, 0.25) is 0 Å². The predicted octanol–water partition coefficient (Wildman–Crippen LogP) is 16.1. The lowest BCUT2D eigenvalue weighted by Crippen LogP contribution is -1.85. The first-order valence-corrected chi connectivity index (χ1v) is 8.64. The van der Waals surface area contributed by atoms with Gasteiger partial charge in [-0.15, -0.1) is 0 Å². The molecule has 0 spiro atoms. The van der Waals surface area contributed by atoms with Crippen LogP contribution in [0.5, 0.6) is 0 Å². The topological polar surface area (TPSA) is 0 Å². The molecule has 0 aliphatic carbocycles. The summed E-state index contributed by atoms with van der Waals surface area (Å²) in [6.07, 6.45) is 10.8. The lowest BCUT2D eigenvalue weighted by atomic mass is 10.1. The molecule has 0 heteroatoms. The van der Waals surface area contributed by atoms with Gasteiger partial charge in [0.25, 0.3) is 0 Å². The molecular weight excluding hydrogens is 372 g/mol. The van der Waals surface area contributed by atoms with Crippen LogP contribution >= 0.6 is 0 Å². The molecule has 0 atom stereocenters. The van der Waals surface area contributed by atoms with E-state index in [0.29, 0.717) is 0 Å². The summed E-state index contributed by atoms with van der Waals surface area (Å²) in [7, 11) is 0. The van der Waals surface area contributed by atoms with Crippen molar-refractivity contribution in [2.24, 2.45) is 5.92 Å². The average Bonchev–Trinajstić information content (AvgIpc) is 2.47. The van der Waals surface area contributed by atoms with E-state index in [4.69, 9.17) is 0 Å². The molecule has 0 amide bonds. The molecule has 31 heavy (non-hydrogen) atoms. The summed E-state index contributed by atoms with van der Waals surface area (Å²) in [5.74, 6) is 0.935. The number of rotatable bonds is 6. The van der Waals surface area contributed by atoms with Crippen LogP contribution in [-0.2, 0) is 0 Å². The molecule has 0 aromatic carbocycles. The summed E-state index contributed by atoms with van der Waals surface area (Å²) >= 11 is 0. The molecule has 0 saturated carbocycles. The zero-order valence-electron chi connectivity index (χ0n) is 15.2. The van der Waals surface area contributed by atoms with E-state index in [0.717, 1.165) is 5.92 Å². The van der Waals surface area contributed by atoms with E-state index in [1.54, 1.807) is 0 Å². The maximum atomic E-state index is 2.28. The minimum atomic E-state index is 0. The molecule has 0 aromatic rings. The summed E-state index contributed by atoms with van der Waals surface area (Å²) in [5.41, 5.74) is 0. The second-order valence-electron chi connectivity index (χ2n) is 4.63. The van der Waals surface area contributed by atoms with Gasteiger partial charge in [-0.25, -0.2) is 0 Å². The first-order chi connectivity index (χ1) is 8.64. The minimum absolute atomic E-state index is 0. The van der Waals surface area contributed by atoms with E-state index in [2.05, 4.69) is 48.5 Å². The summed E-state index contributed by atoms with van der Waals surface area (Å²) in [6.45, 7) is 19.6. The van der Waals surface area contributed by atoms with E-state index >= 15 is 0 Å². The maximum absolute atomic E-state index is 2.28. The van der Waals surface area contributed by atoms with Crippen LogP contribution in [-0.4, -0.2) is 0 Å². The molecular formula is C31H96. The molecule has 220 valence electrons. The lowest BCUT2D eigenvalue weighted by Gasteiger charge is -1.98. The van der Waals surface area contributed by atoms with Crippen LogP contribution in [0.2, 0.25) is 0 Å². The highest BCUT2D eigenvalue weighted by Crippen LogP contribution is 2.02.